The Hall–Kier alpha value is -2.34. The molecule has 0 bridgehead atoms. The number of carbonyl (C=O) groups is 1. The molecule has 2 rings (SSSR count). The van der Waals surface area contributed by atoms with Crippen molar-refractivity contribution in [2.75, 3.05) is 13.2 Å². The van der Waals surface area contributed by atoms with Gasteiger partial charge in [0.1, 0.15) is 5.69 Å². The molecule has 0 fully saturated rings. The zero-order chi connectivity index (χ0) is 13.0. The van der Waals surface area contributed by atoms with Gasteiger partial charge in [-0.05, 0) is 12.1 Å². The van der Waals surface area contributed by atoms with Crippen molar-refractivity contribution in [3.05, 3.63) is 36.0 Å². The molecule has 5 N–H and O–H groups in total. The predicted molar refractivity (Wildman–Crippen MR) is 69.3 cm³/mol. The molecule has 0 unspecified atom stereocenters. The first-order valence-electron chi connectivity index (χ1n) is 5.50. The molecule has 1 aromatic carbocycles. The smallest absolute Gasteiger partial charge is 0.274 e. The van der Waals surface area contributed by atoms with Crippen molar-refractivity contribution >= 4 is 22.8 Å². The molecule has 0 radical (unpaired) electrons. The average Bonchev–Trinajstić information content (AvgIpc) is 2.80. The first-order chi connectivity index (χ1) is 8.70. The third-order valence-electron chi connectivity index (χ3n) is 2.40. The van der Waals surface area contributed by atoms with Crippen LogP contribution in [0.4, 0.5) is 0 Å². The largest absolute Gasteiger partial charge is 0.394 e. The number of aliphatic hydroxyl groups is 1. The van der Waals surface area contributed by atoms with Gasteiger partial charge in [0.05, 0.1) is 13.2 Å². The highest BCUT2D eigenvalue weighted by molar-refractivity contribution is 6.06. The summed E-state index contributed by atoms with van der Waals surface area (Å²) in [6, 6.07) is 9.32. The van der Waals surface area contributed by atoms with Gasteiger partial charge in [0.2, 0.25) is 0 Å². The molecule has 0 aliphatic rings. The third-order valence-corrected chi connectivity index (χ3v) is 2.40. The molecule has 18 heavy (non-hydrogen) atoms. The topological polar surface area (TPSA) is 104 Å². The predicted octanol–water partition coefficient (Wildman–Crippen LogP) is 0.205. The van der Waals surface area contributed by atoms with E-state index < -0.39 is 0 Å². The summed E-state index contributed by atoms with van der Waals surface area (Å²) in [5.74, 6) is -0.363. The lowest BCUT2D eigenvalue weighted by Gasteiger charge is -2.01. The van der Waals surface area contributed by atoms with Gasteiger partial charge in [-0.1, -0.05) is 18.2 Å². The highest BCUT2D eigenvalue weighted by Gasteiger charge is 2.09. The molecule has 0 saturated carbocycles. The first-order valence-corrected chi connectivity index (χ1v) is 5.50. The van der Waals surface area contributed by atoms with Gasteiger partial charge in [-0.2, -0.15) is 0 Å². The molecule has 0 atom stereocenters. The minimum absolute atomic E-state index is 0.00675. The molecule has 1 amide bonds. The van der Waals surface area contributed by atoms with Gasteiger partial charge in [-0.15, -0.1) is 0 Å². The van der Waals surface area contributed by atoms with E-state index in [1.54, 1.807) is 6.07 Å². The Morgan fingerprint density at radius 3 is 2.94 bits per heavy atom. The number of aromatic amines is 1. The fraction of sp³-hybridized carbons (Fsp3) is 0.167. The molecule has 6 nitrogen and oxygen atoms in total. The molecular weight excluding hydrogens is 232 g/mol. The maximum absolute atomic E-state index is 11.8. The first kappa shape index (κ1) is 12.1. The highest BCUT2D eigenvalue weighted by Crippen LogP contribution is 2.14. The Morgan fingerprint density at radius 1 is 1.44 bits per heavy atom. The number of nitrogens with one attached hydrogen (secondary N) is 2. The normalized spacial score (nSPS) is 11.7. The maximum Gasteiger partial charge on any atom is 0.274 e. The summed E-state index contributed by atoms with van der Waals surface area (Å²) in [5, 5.41) is 12.0. The van der Waals surface area contributed by atoms with Gasteiger partial charge >= 0.3 is 0 Å². The molecule has 0 aliphatic carbocycles. The maximum atomic E-state index is 11.8. The van der Waals surface area contributed by atoms with Gasteiger partial charge in [0, 0.05) is 10.9 Å². The van der Waals surface area contributed by atoms with E-state index in [2.05, 4.69) is 15.3 Å². The van der Waals surface area contributed by atoms with Crippen LogP contribution in [0, 0.1) is 0 Å². The summed E-state index contributed by atoms with van der Waals surface area (Å²) in [4.78, 5) is 18.6. The second kappa shape index (κ2) is 5.33. The van der Waals surface area contributed by atoms with Crippen LogP contribution in [0.5, 0.6) is 0 Å². The van der Waals surface area contributed by atoms with Crippen LogP contribution < -0.4 is 11.1 Å². The van der Waals surface area contributed by atoms with Crippen LogP contribution in [0.2, 0.25) is 0 Å². The van der Waals surface area contributed by atoms with Crippen molar-refractivity contribution in [1.29, 1.82) is 0 Å². The molecule has 1 aromatic heterocycles. The van der Waals surface area contributed by atoms with Crippen LogP contribution in [0.15, 0.2) is 35.3 Å². The van der Waals surface area contributed by atoms with Crippen LogP contribution in [-0.2, 0) is 0 Å². The quantitative estimate of drug-likeness (QED) is 0.459. The van der Waals surface area contributed by atoms with Crippen LogP contribution in [0.25, 0.3) is 10.9 Å². The SMILES string of the molecule is NC(=NCCO)NC(=O)c1cc2ccccc2[nH]1. The lowest BCUT2D eigenvalue weighted by molar-refractivity contribution is 0.0972. The minimum atomic E-state index is -0.356. The number of amides is 1. The number of benzene rings is 1. The van der Waals surface area contributed by atoms with E-state index in [0.29, 0.717) is 5.69 Å². The number of aromatic nitrogens is 1. The molecule has 1 heterocycles. The lowest BCUT2D eigenvalue weighted by atomic mass is 10.2. The summed E-state index contributed by atoms with van der Waals surface area (Å²) in [6.45, 7) is 0.0573. The zero-order valence-electron chi connectivity index (χ0n) is 9.68. The number of hydrogen-bond acceptors (Lipinski definition) is 3. The lowest BCUT2D eigenvalue weighted by Crippen LogP contribution is -2.37. The number of carbonyl (C=O) groups excluding carboxylic acids is 1. The van der Waals surface area contributed by atoms with Crippen molar-refractivity contribution in [2.45, 2.75) is 0 Å². The van der Waals surface area contributed by atoms with Crippen LogP contribution >= 0.6 is 0 Å². The highest BCUT2D eigenvalue weighted by atomic mass is 16.3. The number of aliphatic imine (C=N–C) groups is 1. The summed E-state index contributed by atoms with van der Waals surface area (Å²) >= 11 is 0. The van der Waals surface area contributed by atoms with E-state index in [-0.39, 0.29) is 25.0 Å². The van der Waals surface area contributed by atoms with Crippen molar-refractivity contribution in [3.63, 3.8) is 0 Å². The monoisotopic (exact) mass is 246 g/mol. The van der Waals surface area contributed by atoms with E-state index >= 15 is 0 Å². The van der Waals surface area contributed by atoms with Gasteiger partial charge in [0.25, 0.3) is 5.91 Å². The minimum Gasteiger partial charge on any atom is -0.394 e. The molecular formula is C12H14N4O2. The van der Waals surface area contributed by atoms with Crippen molar-refractivity contribution in [1.82, 2.24) is 10.3 Å². The molecule has 0 aliphatic heterocycles. The molecule has 0 saturated heterocycles. The number of H-pyrrole nitrogens is 1. The Labute approximate surface area is 104 Å². The summed E-state index contributed by atoms with van der Waals surface area (Å²) < 4.78 is 0. The number of nitrogens with zero attached hydrogens (tertiary/aromatic N) is 1. The summed E-state index contributed by atoms with van der Waals surface area (Å²) in [7, 11) is 0. The number of aliphatic hydroxyl groups excluding tert-OH is 1. The van der Waals surface area contributed by atoms with Gasteiger partial charge in [-0.25, -0.2) is 0 Å². The Morgan fingerprint density at radius 2 is 2.22 bits per heavy atom. The number of guanidine groups is 1. The number of para-hydroxylation sites is 1. The van der Waals surface area contributed by atoms with E-state index in [9.17, 15) is 4.79 Å². The fourth-order valence-electron chi connectivity index (χ4n) is 1.59. The standard InChI is InChI=1S/C12H14N4O2/c13-12(14-5-6-17)16-11(18)10-7-8-3-1-2-4-9(8)15-10/h1-4,7,15,17H,5-6H2,(H3,13,14,16,18). The summed E-state index contributed by atoms with van der Waals surface area (Å²) in [6.07, 6.45) is 0. The van der Waals surface area contributed by atoms with Gasteiger partial charge in [-0.3, -0.25) is 15.1 Å². The van der Waals surface area contributed by atoms with Crippen LogP contribution in [-0.4, -0.2) is 35.1 Å². The van der Waals surface area contributed by atoms with E-state index in [0.717, 1.165) is 10.9 Å². The van der Waals surface area contributed by atoms with Crippen LogP contribution in [0.1, 0.15) is 10.5 Å². The van der Waals surface area contributed by atoms with Crippen molar-refractivity contribution in [2.24, 2.45) is 10.7 Å². The fourth-order valence-corrected chi connectivity index (χ4v) is 1.59. The Balaban J connectivity index is 2.13. The molecule has 94 valence electrons. The molecule has 6 heteroatoms. The number of rotatable bonds is 3. The number of nitrogens with two attached hydrogens (primary N) is 1. The second-order valence-electron chi connectivity index (χ2n) is 3.71. The summed E-state index contributed by atoms with van der Waals surface area (Å²) in [5.41, 5.74) is 6.78. The van der Waals surface area contributed by atoms with E-state index in [1.165, 1.54) is 0 Å². The number of hydrogen-bond donors (Lipinski definition) is 4. The zero-order valence-corrected chi connectivity index (χ0v) is 9.68. The molecule has 2 aromatic rings. The number of fused-ring (bicyclic) bond motifs is 1. The third kappa shape index (κ3) is 2.67. The van der Waals surface area contributed by atoms with Crippen molar-refractivity contribution in [3.8, 4) is 0 Å². The second-order valence-corrected chi connectivity index (χ2v) is 3.71. The Bertz CT molecular complexity index is 556. The van der Waals surface area contributed by atoms with Gasteiger partial charge < -0.3 is 15.8 Å². The van der Waals surface area contributed by atoms with E-state index in [1.807, 2.05) is 24.3 Å². The van der Waals surface area contributed by atoms with Crippen molar-refractivity contribution < 1.29 is 9.90 Å². The molecule has 0 spiro atoms. The Kier molecular flexibility index (Phi) is 3.59. The van der Waals surface area contributed by atoms with Gasteiger partial charge in [0.15, 0.2) is 5.96 Å². The van der Waals surface area contributed by atoms with E-state index in [4.69, 9.17) is 10.8 Å². The average molecular weight is 246 g/mol. The van der Waals surface area contributed by atoms with Crippen LogP contribution in [0.3, 0.4) is 0 Å².